The van der Waals surface area contributed by atoms with E-state index < -0.39 is 0 Å². The molecule has 2 heteroatoms. The van der Waals surface area contributed by atoms with Gasteiger partial charge in [0.05, 0.1) is 22.7 Å². The molecular weight excluding hydrogens is 544 g/mol. The predicted octanol–water partition coefficient (Wildman–Crippen LogP) is 11.4. The zero-order valence-electron chi connectivity index (χ0n) is 24.4. The number of para-hydroxylation sites is 1. The Hall–Kier alpha value is -6.17. The molecule has 9 aromatic rings. The number of nitrogens with zero attached hydrogens (tertiary/aromatic N) is 2. The van der Waals surface area contributed by atoms with Crippen molar-refractivity contribution in [1.29, 1.82) is 5.26 Å². The van der Waals surface area contributed by atoms with Crippen LogP contribution in [0, 0.1) is 11.3 Å². The highest BCUT2D eigenvalue weighted by molar-refractivity contribution is 6.21. The minimum atomic E-state index is 0.670. The molecule has 208 valence electrons. The lowest BCUT2D eigenvalue weighted by molar-refractivity contribution is 1.18. The van der Waals surface area contributed by atoms with Crippen LogP contribution < -0.4 is 0 Å². The molecule has 0 aliphatic heterocycles. The fourth-order valence-corrected chi connectivity index (χ4v) is 7.07. The highest BCUT2D eigenvalue weighted by atomic mass is 15.0. The van der Waals surface area contributed by atoms with E-state index in [1.807, 2.05) is 18.2 Å². The first-order valence-electron chi connectivity index (χ1n) is 15.2. The van der Waals surface area contributed by atoms with Crippen molar-refractivity contribution in [2.75, 3.05) is 0 Å². The minimum Gasteiger partial charge on any atom is -0.309 e. The van der Waals surface area contributed by atoms with Crippen LogP contribution in [0.4, 0.5) is 0 Å². The van der Waals surface area contributed by atoms with Gasteiger partial charge in [-0.05, 0) is 97.0 Å². The van der Waals surface area contributed by atoms with Gasteiger partial charge in [0, 0.05) is 16.5 Å². The van der Waals surface area contributed by atoms with Gasteiger partial charge in [0.1, 0.15) is 0 Å². The molecule has 0 fully saturated rings. The third-order valence-electron chi connectivity index (χ3n) is 9.21. The van der Waals surface area contributed by atoms with Gasteiger partial charge in [-0.3, -0.25) is 0 Å². The fraction of sp³-hybridized carbons (Fsp3) is 0. The zero-order valence-corrected chi connectivity index (χ0v) is 24.4. The number of rotatable bonds is 3. The first-order chi connectivity index (χ1) is 22.3. The van der Waals surface area contributed by atoms with E-state index in [1.54, 1.807) is 0 Å². The van der Waals surface area contributed by atoms with Crippen LogP contribution in [0.25, 0.3) is 82.1 Å². The summed E-state index contributed by atoms with van der Waals surface area (Å²) in [6.07, 6.45) is 0. The molecule has 0 saturated heterocycles. The van der Waals surface area contributed by atoms with Crippen molar-refractivity contribution >= 4 is 54.1 Å². The largest absolute Gasteiger partial charge is 0.309 e. The monoisotopic (exact) mass is 570 g/mol. The second kappa shape index (κ2) is 9.95. The van der Waals surface area contributed by atoms with Crippen LogP contribution in [-0.2, 0) is 0 Å². The second-order valence-corrected chi connectivity index (χ2v) is 11.7. The summed E-state index contributed by atoms with van der Waals surface area (Å²) in [5, 5.41) is 19.5. The first-order valence-corrected chi connectivity index (χ1v) is 15.2. The Kier molecular flexibility index (Phi) is 5.60. The van der Waals surface area contributed by atoms with Crippen LogP contribution in [0.2, 0.25) is 0 Å². The smallest absolute Gasteiger partial charge is 0.0991 e. The van der Waals surface area contributed by atoms with E-state index in [2.05, 4.69) is 150 Å². The molecule has 0 bridgehead atoms. The second-order valence-electron chi connectivity index (χ2n) is 11.7. The van der Waals surface area contributed by atoms with Crippen LogP contribution >= 0.6 is 0 Å². The molecule has 0 aliphatic rings. The van der Waals surface area contributed by atoms with E-state index in [0.29, 0.717) is 5.56 Å². The maximum absolute atomic E-state index is 9.59. The Morgan fingerprint density at radius 2 is 1.07 bits per heavy atom. The van der Waals surface area contributed by atoms with Crippen molar-refractivity contribution in [3.8, 4) is 34.0 Å². The van der Waals surface area contributed by atoms with E-state index in [9.17, 15) is 5.26 Å². The molecule has 0 unspecified atom stereocenters. The average molecular weight is 571 g/mol. The van der Waals surface area contributed by atoms with Crippen molar-refractivity contribution in [3.05, 3.63) is 163 Å². The van der Waals surface area contributed by atoms with Crippen LogP contribution in [0.1, 0.15) is 5.56 Å². The summed E-state index contributed by atoms with van der Waals surface area (Å²) in [4.78, 5) is 0. The molecule has 0 atom stereocenters. The van der Waals surface area contributed by atoms with E-state index >= 15 is 0 Å². The fourth-order valence-electron chi connectivity index (χ4n) is 7.07. The molecule has 0 N–H and O–H groups in total. The summed E-state index contributed by atoms with van der Waals surface area (Å²) in [5.74, 6) is 0. The van der Waals surface area contributed by atoms with Gasteiger partial charge < -0.3 is 4.57 Å². The van der Waals surface area contributed by atoms with Crippen molar-refractivity contribution in [1.82, 2.24) is 4.57 Å². The third kappa shape index (κ3) is 3.95. The highest BCUT2D eigenvalue weighted by Gasteiger charge is 2.15. The lowest BCUT2D eigenvalue weighted by Gasteiger charge is -2.14. The molecule has 9 rings (SSSR count). The average Bonchev–Trinajstić information content (AvgIpc) is 3.44. The van der Waals surface area contributed by atoms with E-state index in [1.165, 1.54) is 49.0 Å². The summed E-state index contributed by atoms with van der Waals surface area (Å²) in [5.41, 5.74) is 8.76. The van der Waals surface area contributed by atoms with Gasteiger partial charge in [0.2, 0.25) is 0 Å². The van der Waals surface area contributed by atoms with Crippen LogP contribution in [-0.4, -0.2) is 4.57 Å². The van der Waals surface area contributed by atoms with Gasteiger partial charge in [-0.15, -0.1) is 0 Å². The molecule has 0 aliphatic carbocycles. The minimum absolute atomic E-state index is 0.670. The molecule has 1 heterocycles. The molecule has 0 amide bonds. The lowest BCUT2D eigenvalue weighted by Crippen LogP contribution is -1.93. The van der Waals surface area contributed by atoms with Crippen molar-refractivity contribution < 1.29 is 0 Å². The van der Waals surface area contributed by atoms with E-state index in [4.69, 9.17) is 0 Å². The van der Waals surface area contributed by atoms with Crippen LogP contribution in [0.5, 0.6) is 0 Å². The Balaban J connectivity index is 1.21. The van der Waals surface area contributed by atoms with Gasteiger partial charge in [0.25, 0.3) is 0 Å². The first kappa shape index (κ1) is 25.3. The van der Waals surface area contributed by atoms with Crippen molar-refractivity contribution in [2.45, 2.75) is 0 Å². The molecule has 0 spiro atoms. The Labute approximate surface area is 260 Å². The number of hydrogen-bond acceptors (Lipinski definition) is 1. The number of nitriles is 1. The van der Waals surface area contributed by atoms with Crippen LogP contribution in [0.15, 0.2) is 158 Å². The molecular formula is C43H26N2. The maximum atomic E-state index is 9.59. The van der Waals surface area contributed by atoms with E-state index in [0.717, 1.165) is 33.1 Å². The normalized spacial score (nSPS) is 11.5. The third-order valence-corrected chi connectivity index (χ3v) is 9.21. The molecule has 1 aromatic heterocycles. The predicted molar refractivity (Wildman–Crippen MR) is 189 cm³/mol. The van der Waals surface area contributed by atoms with Gasteiger partial charge in [-0.25, -0.2) is 0 Å². The number of benzene rings is 8. The lowest BCUT2D eigenvalue weighted by atomic mass is 9.90. The number of fused-ring (bicyclic) bond motifs is 8. The Morgan fingerprint density at radius 1 is 0.400 bits per heavy atom. The SMILES string of the molecule is N#Cc1ccc2c(c1)c1ccc(-c3ccc(-c4cc5c6ccccc6ccc5c5ccccc45)cc3)cc1n2-c1ccccc1. The van der Waals surface area contributed by atoms with Gasteiger partial charge in [-0.2, -0.15) is 5.26 Å². The topological polar surface area (TPSA) is 28.7 Å². The molecule has 2 nitrogen and oxygen atoms in total. The Morgan fingerprint density at radius 3 is 1.89 bits per heavy atom. The van der Waals surface area contributed by atoms with Gasteiger partial charge >= 0.3 is 0 Å². The van der Waals surface area contributed by atoms with Crippen molar-refractivity contribution in [3.63, 3.8) is 0 Å². The number of hydrogen-bond donors (Lipinski definition) is 0. The molecule has 8 aromatic carbocycles. The summed E-state index contributed by atoms with van der Waals surface area (Å²) < 4.78 is 2.30. The molecule has 45 heavy (non-hydrogen) atoms. The summed E-state index contributed by atoms with van der Waals surface area (Å²) >= 11 is 0. The summed E-state index contributed by atoms with van der Waals surface area (Å²) in [6, 6.07) is 58.6. The Bertz CT molecular complexity index is 2640. The van der Waals surface area contributed by atoms with Crippen molar-refractivity contribution in [2.24, 2.45) is 0 Å². The van der Waals surface area contributed by atoms with Gasteiger partial charge in [-0.1, -0.05) is 115 Å². The maximum Gasteiger partial charge on any atom is 0.0991 e. The quantitative estimate of drug-likeness (QED) is 0.194. The highest BCUT2D eigenvalue weighted by Crippen LogP contribution is 2.39. The van der Waals surface area contributed by atoms with E-state index in [-0.39, 0.29) is 0 Å². The zero-order chi connectivity index (χ0) is 29.9. The summed E-state index contributed by atoms with van der Waals surface area (Å²) in [7, 11) is 0. The summed E-state index contributed by atoms with van der Waals surface area (Å²) in [6.45, 7) is 0. The standard InChI is InChI=1S/C43H26N2/c44-27-28-14-23-42-41(24-28)38-22-20-32(25-43(38)45(42)33-9-2-1-3-10-33)29-15-17-31(18-16-29)39-26-40-34-11-5-4-8-30(34)19-21-37(40)35-12-6-7-13-36(35)39/h1-26H. The van der Waals surface area contributed by atoms with Gasteiger partial charge in [0.15, 0.2) is 0 Å². The number of aromatic nitrogens is 1. The molecule has 0 radical (unpaired) electrons. The molecule has 0 saturated carbocycles. The van der Waals surface area contributed by atoms with Crippen LogP contribution in [0.3, 0.4) is 0 Å².